The predicted molar refractivity (Wildman–Crippen MR) is 89.5 cm³/mol. The number of benzene rings is 2. The standard InChI is InChI=1S/C16H15N3O4S/c1-23-14-5-6-15(20)16(8-14)24(21,22)19-13-4-2-3-11(7-13)12-9-17-18-10-12/h2-10,19-20H,1H3,(H,17,18). The molecule has 24 heavy (non-hydrogen) atoms. The van der Waals surface area contributed by atoms with Gasteiger partial charge in [0.2, 0.25) is 0 Å². The molecule has 3 N–H and O–H groups in total. The molecular formula is C16H15N3O4S. The van der Waals surface area contributed by atoms with E-state index in [1.807, 2.05) is 6.07 Å². The lowest BCUT2D eigenvalue weighted by molar-refractivity contribution is 0.408. The number of hydrogen-bond acceptors (Lipinski definition) is 5. The van der Waals surface area contributed by atoms with Crippen LogP contribution in [0.25, 0.3) is 11.1 Å². The van der Waals surface area contributed by atoms with E-state index >= 15 is 0 Å². The number of sulfonamides is 1. The van der Waals surface area contributed by atoms with Crippen molar-refractivity contribution in [2.24, 2.45) is 0 Å². The monoisotopic (exact) mass is 345 g/mol. The van der Waals surface area contributed by atoms with E-state index in [1.165, 1.54) is 25.3 Å². The maximum atomic E-state index is 12.5. The molecule has 2 aromatic carbocycles. The van der Waals surface area contributed by atoms with Crippen molar-refractivity contribution in [3.8, 4) is 22.6 Å². The Morgan fingerprint density at radius 3 is 2.71 bits per heavy atom. The molecule has 0 unspecified atom stereocenters. The van der Waals surface area contributed by atoms with Crippen LogP contribution < -0.4 is 9.46 Å². The minimum absolute atomic E-state index is 0.254. The molecule has 1 heterocycles. The topological polar surface area (TPSA) is 104 Å². The molecule has 3 rings (SSSR count). The summed E-state index contributed by atoms with van der Waals surface area (Å²) < 4.78 is 32.6. The van der Waals surface area contributed by atoms with Gasteiger partial charge < -0.3 is 9.84 Å². The highest BCUT2D eigenvalue weighted by atomic mass is 32.2. The maximum Gasteiger partial charge on any atom is 0.265 e. The summed E-state index contributed by atoms with van der Waals surface area (Å²) in [6.07, 6.45) is 3.35. The third-order valence-corrected chi connectivity index (χ3v) is 4.81. The number of aromatic nitrogens is 2. The number of anilines is 1. The minimum atomic E-state index is -3.97. The molecule has 3 aromatic rings. The third-order valence-electron chi connectivity index (χ3n) is 3.40. The summed E-state index contributed by atoms with van der Waals surface area (Å²) in [5.41, 5.74) is 2.01. The van der Waals surface area contributed by atoms with Gasteiger partial charge in [-0.1, -0.05) is 12.1 Å². The second-order valence-electron chi connectivity index (χ2n) is 5.01. The van der Waals surface area contributed by atoms with Crippen molar-refractivity contribution in [2.45, 2.75) is 4.90 Å². The molecule has 0 fully saturated rings. The number of aromatic amines is 1. The van der Waals surface area contributed by atoms with Gasteiger partial charge >= 0.3 is 0 Å². The van der Waals surface area contributed by atoms with Gasteiger partial charge in [-0.3, -0.25) is 9.82 Å². The van der Waals surface area contributed by atoms with Crippen LogP contribution in [0, 0.1) is 0 Å². The van der Waals surface area contributed by atoms with Crippen LogP contribution in [0.3, 0.4) is 0 Å². The van der Waals surface area contributed by atoms with Gasteiger partial charge in [0.1, 0.15) is 16.4 Å². The van der Waals surface area contributed by atoms with Gasteiger partial charge in [0.15, 0.2) is 0 Å². The van der Waals surface area contributed by atoms with E-state index in [9.17, 15) is 13.5 Å². The van der Waals surface area contributed by atoms with E-state index in [4.69, 9.17) is 4.74 Å². The summed E-state index contributed by atoms with van der Waals surface area (Å²) in [6.45, 7) is 0. The van der Waals surface area contributed by atoms with Crippen LogP contribution in [0.5, 0.6) is 11.5 Å². The zero-order chi connectivity index (χ0) is 17.2. The molecule has 1 aromatic heterocycles. The van der Waals surface area contributed by atoms with Gasteiger partial charge in [0.05, 0.1) is 13.3 Å². The van der Waals surface area contributed by atoms with Gasteiger partial charge in [-0.2, -0.15) is 5.10 Å². The Hall–Kier alpha value is -3.00. The number of aromatic hydroxyl groups is 1. The molecular weight excluding hydrogens is 330 g/mol. The van der Waals surface area contributed by atoms with Crippen LogP contribution in [-0.2, 0) is 10.0 Å². The molecule has 0 radical (unpaired) electrons. The Kier molecular flexibility index (Phi) is 4.13. The van der Waals surface area contributed by atoms with Crippen molar-refractivity contribution < 1.29 is 18.3 Å². The van der Waals surface area contributed by atoms with E-state index in [2.05, 4.69) is 14.9 Å². The van der Waals surface area contributed by atoms with Gasteiger partial charge in [0, 0.05) is 23.5 Å². The largest absolute Gasteiger partial charge is 0.507 e. The van der Waals surface area contributed by atoms with E-state index in [1.54, 1.807) is 30.6 Å². The zero-order valence-corrected chi connectivity index (χ0v) is 13.5. The number of ether oxygens (including phenoxy) is 1. The summed E-state index contributed by atoms with van der Waals surface area (Å²) in [5.74, 6) is -0.0189. The van der Waals surface area contributed by atoms with E-state index < -0.39 is 10.0 Å². The Bertz CT molecular complexity index is 953. The fraction of sp³-hybridized carbons (Fsp3) is 0.0625. The van der Waals surface area contributed by atoms with Crippen molar-refractivity contribution in [2.75, 3.05) is 11.8 Å². The fourth-order valence-electron chi connectivity index (χ4n) is 2.22. The first-order valence-electron chi connectivity index (χ1n) is 6.98. The summed E-state index contributed by atoms with van der Waals surface area (Å²) in [5, 5.41) is 16.4. The molecule has 0 aliphatic heterocycles. The van der Waals surface area contributed by atoms with Crippen LogP contribution in [0.15, 0.2) is 59.8 Å². The second kappa shape index (κ2) is 6.25. The molecule has 0 atom stereocenters. The highest BCUT2D eigenvalue weighted by Crippen LogP contribution is 2.29. The maximum absolute atomic E-state index is 12.5. The Morgan fingerprint density at radius 2 is 2.00 bits per heavy atom. The van der Waals surface area contributed by atoms with Crippen LogP contribution in [0.2, 0.25) is 0 Å². The lowest BCUT2D eigenvalue weighted by Gasteiger charge is -2.11. The second-order valence-corrected chi connectivity index (χ2v) is 6.66. The molecule has 0 saturated carbocycles. The molecule has 0 aliphatic carbocycles. The first-order valence-corrected chi connectivity index (χ1v) is 8.47. The number of phenolic OH excluding ortho intramolecular Hbond substituents is 1. The molecule has 8 heteroatoms. The molecule has 0 spiro atoms. The molecule has 7 nitrogen and oxygen atoms in total. The van der Waals surface area contributed by atoms with Crippen molar-refractivity contribution in [3.05, 3.63) is 54.9 Å². The highest BCUT2D eigenvalue weighted by Gasteiger charge is 2.20. The average Bonchev–Trinajstić information content (AvgIpc) is 3.09. The number of phenols is 1. The summed E-state index contributed by atoms with van der Waals surface area (Å²) >= 11 is 0. The molecule has 0 bridgehead atoms. The van der Waals surface area contributed by atoms with Crippen molar-refractivity contribution in [3.63, 3.8) is 0 Å². The van der Waals surface area contributed by atoms with Gasteiger partial charge in [-0.05, 0) is 29.8 Å². The van der Waals surface area contributed by atoms with E-state index in [0.717, 1.165) is 11.1 Å². The normalized spacial score (nSPS) is 11.2. The summed E-state index contributed by atoms with van der Waals surface area (Å²) in [4.78, 5) is -0.254. The SMILES string of the molecule is COc1ccc(O)c(S(=O)(=O)Nc2cccc(-c3cn[nH]c3)c2)c1. The van der Waals surface area contributed by atoms with E-state index in [0.29, 0.717) is 11.4 Å². The lowest BCUT2D eigenvalue weighted by Crippen LogP contribution is -2.13. The number of H-pyrrole nitrogens is 1. The average molecular weight is 345 g/mol. The van der Waals surface area contributed by atoms with Crippen LogP contribution in [0.1, 0.15) is 0 Å². The van der Waals surface area contributed by atoms with E-state index in [-0.39, 0.29) is 10.6 Å². The molecule has 0 aliphatic rings. The van der Waals surface area contributed by atoms with Crippen LogP contribution in [0.4, 0.5) is 5.69 Å². The predicted octanol–water partition coefficient (Wildman–Crippen LogP) is 2.59. The lowest BCUT2D eigenvalue weighted by atomic mass is 10.1. The molecule has 0 saturated heterocycles. The number of methoxy groups -OCH3 is 1. The highest BCUT2D eigenvalue weighted by molar-refractivity contribution is 7.92. The van der Waals surface area contributed by atoms with Crippen molar-refractivity contribution >= 4 is 15.7 Å². The van der Waals surface area contributed by atoms with Crippen LogP contribution >= 0.6 is 0 Å². The van der Waals surface area contributed by atoms with Crippen molar-refractivity contribution in [1.82, 2.24) is 10.2 Å². The summed E-state index contributed by atoms with van der Waals surface area (Å²) in [7, 11) is -2.54. The zero-order valence-electron chi connectivity index (χ0n) is 12.7. The Morgan fingerprint density at radius 1 is 1.17 bits per heavy atom. The molecule has 124 valence electrons. The minimum Gasteiger partial charge on any atom is -0.507 e. The number of nitrogens with one attached hydrogen (secondary N) is 2. The Labute approximate surface area is 139 Å². The van der Waals surface area contributed by atoms with Crippen molar-refractivity contribution in [1.29, 1.82) is 0 Å². The number of rotatable bonds is 5. The summed E-state index contributed by atoms with van der Waals surface area (Å²) in [6, 6.07) is 10.9. The van der Waals surface area contributed by atoms with Gasteiger partial charge in [-0.25, -0.2) is 8.42 Å². The number of hydrogen-bond donors (Lipinski definition) is 3. The first-order chi connectivity index (χ1) is 11.5. The third kappa shape index (κ3) is 3.18. The van der Waals surface area contributed by atoms with Crippen LogP contribution in [-0.4, -0.2) is 30.8 Å². The van der Waals surface area contributed by atoms with Gasteiger partial charge in [-0.15, -0.1) is 0 Å². The number of nitrogens with zero attached hydrogens (tertiary/aromatic N) is 1. The smallest absolute Gasteiger partial charge is 0.265 e. The Balaban J connectivity index is 1.94. The first kappa shape index (κ1) is 15.9. The molecule has 0 amide bonds. The quantitative estimate of drug-likeness (QED) is 0.659. The fourth-order valence-corrected chi connectivity index (χ4v) is 3.38. The van der Waals surface area contributed by atoms with Gasteiger partial charge in [0.25, 0.3) is 10.0 Å².